The van der Waals surface area contributed by atoms with E-state index >= 15 is 0 Å². The Labute approximate surface area is 129 Å². The molecule has 0 aliphatic heterocycles. The van der Waals surface area contributed by atoms with Gasteiger partial charge in [-0.2, -0.15) is 0 Å². The summed E-state index contributed by atoms with van der Waals surface area (Å²) in [6, 6.07) is 10.1. The summed E-state index contributed by atoms with van der Waals surface area (Å²) >= 11 is 1.24. The number of thiazole rings is 1. The Morgan fingerprint density at radius 1 is 1.33 bits per heavy atom. The van der Waals surface area contributed by atoms with Crippen LogP contribution in [0.1, 0.15) is 19.0 Å². The lowest BCUT2D eigenvalue weighted by Gasteiger charge is -2.32. The molecule has 0 aliphatic rings. The van der Waals surface area contributed by atoms with Crippen LogP contribution in [-0.2, 0) is 6.54 Å². The maximum absolute atomic E-state index is 11.8. The van der Waals surface area contributed by atoms with Gasteiger partial charge in [-0.05, 0) is 25.5 Å². The molecule has 0 fully saturated rings. The Bertz CT molecular complexity index is 602. The summed E-state index contributed by atoms with van der Waals surface area (Å²) in [5.41, 5.74) is 2.08. The van der Waals surface area contributed by atoms with Gasteiger partial charge in [-0.3, -0.25) is 4.79 Å². The average molecular weight is 306 g/mol. The standard InChI is InChI=1S/C16H22N2O2S/c1-3-14(11-19)18(15-7-5-4-6-8-15)10-9-17-13(2)12-21-16(17)20/h4-8,12,14,19H,3,9-11H2,1-2H3. The molecule has 0 saturated heterocycles. The molecule has 21 heavy (non-hydrogen) atoms. The van der Waals surface area contributed by atoms with E-state index < -0.39 is 0 Å². The molecule has 1 unspecified atom stereocenters. The first-order valence-corrected chi connectivity index (χ1v) is 8.12. The lowest BCUT2D eigenvalue weighted by molar-refractivity contribution is 0.254. The van der Waals surface area contributed by atoms with Crippen LogP contribution in [0.25, 0.3) is 0 Å². The van der Waals surface area contributed by atoms with Crippen LogP contribution in [0.2, 0.25) is 0 Å². The number of benzene rings is 1. The molecule has 1 aromatic heterocycles. The SMILES string of the molecule is CCC(CO)N(CCn1c(C)csc1=O)c1ccccc1. The second-order valence-electron chi connectivity index (χ2n) is 5.07. The number of para-hydroxylation sites is 1. The second kappa shape index (κ2) is 7.43. The monoisotopic (exact) mass is 306 g/mol. The lowest BCUT2D eigenvalue weighted by atomic mass is 10.1. The zero-order chi connectivity index (χ0) is 15.2. The van der Waals surface area contributed by atoms with Gasteiger partial charge >= 0.3 is 4.87 Å². The van der Waals surface area contributed by atoms with E-state index in [1.165, 1.54) is 11.3 Å². The van der Waals surface area contributed by atoms with E-state index in [0.29, 0.717) is 13.1 Å². The molecule has 5 heteroatoms. The second-order valence-corrected chi connectivity index (χ2v) is 5.89. The molecule has 4 nitrogen and oxygen atoms in total. The topological polar surface area (TPSA) is 45.5 Å². The Hall–Kier alpha value is -1.59. The number of aliphatic hydroxyl groups is 1. The molecule has 2 aromatic rings. The third-order valence-corrected chi connectivity index (χ3v) is 4.63. The van der Waals surface area contributed by atoms with Crippen molar-refractivity contribution >= 4 is 17.0 Å². The van der Waals surface area contributed by atoms with Crippen LogP contribution in [0.15, 0.2) is 40.5 Å². The van der Waals surface area contributed by atoms with Crippen LogP contribution in [0.5, 0.6) is 0 Å². The number of hydrogen-bond acceptors (Lipinski definition) is 4. The first kappa shape index (κ1) is 15.8. The van der Waals surface area contributed by atoms with E-state index in [-0.39, 0.29) is 17.5 Å². The molecule has 2 rings (SSSR count). The maximum Gasteiger partial charge on any atom is 0.307 e. The van der Waals surface area contributed by atoms with Gasteiger partial charge in [0.15, 0.2) is 0 Å². The molecular formula is C16H22N2O2S. The summed E-state index contributed by atoms with van der Waals surface area (Å²) in [7, 11) is 0. The Kier molecular flexibility index (Phi) is 5.59. The van der Waals surface area contributed by atoms with E-state index in [2.05, 4.69) is 11.8 Å². The molecule has 0 aliphatic carbocycles. The van der Waals surface area contributed by atoms with Crippen molar-refractivity contribution in [2.75, 3.05) is 18.1 Å². The van der Waals surface area contributed by atoms with E-state index in [1.807, 2.05) is 42.6 Å². The third-order valence-electron chi connectivity index (χ3n) is 3.75. The summed E-state index contributed by atoms with van der Waals surface area (Å²) in [5, 5.41) is 11.5. The number of hydrogen-bond donors (Lipinski definition) is 1. The van der Waals surface area contributed by atoms with Gasteiger partial charge in [0.2, 0.25) is 0 Å². The Balaban J connectivity index is 2.19. The third kappa shape index (κ3) is 3.74. The van der Waals surface area contributed by atoms with E-state index in [1.54, 1.807) is 4.57 Å². The molecule has 1 N–H and O–H groups in total. The normalized spacial score (nSPS) is 12.3. The molecular weight excluding hydrogens is 284 g/mol. The molecule has 0 amide bonds. The summed E-state index contributed by atoms with van der Waals surface area (Å²) < 4.78 is 1.80. The van der Waals surface area contributed by atoms with Crippen molar-refractivity contribution in [2.45, 2.75) is 32.9 Å². The quantitative estimate of drug-likeness (QED) is 0.855. The average Bonchev–Trinajstić information content (AvgIpc) is 2.83. The van der Waals surface area contributed by atoms with E-state index in [4.69, 9.17) is 0 Å². The van der Waals surface area contributed by atoms with Crippen molar-refractivity contribution in [3.8, 4) is 0 Å². The molecule has 0 spiro atoms. The number of anilines is 1. The Morgan fingerprint density at radius 3 is 2.57 bits per heavy atom. The predicted octanol–water partition coefficient (Wildman–Crippen LogP) is 2.50. The largest absolute Gasteiger partial charge is 0.394 e. The minimum absolute atomic E-state index is 0.0713. The van der Waals surface area contributed by atoms with E-state index in [9.17, 15) is 9.90 Å². The van der Waals surface area contributed by atoms with Crippen LogP contribution in [-0.4, -0.2) is 28.9 Å². The fourth-order valence-corrected chi connectivity index (χ4v) is 3.23. The summed E-state index contributed by atoms with van der Waals surface area (Å²) in [4.78, 5) is 14.1. The fraction of sp³-hybridized carbons (Fsp3) is 0.438. The fourth-order valence-electron chi connectivity index (χ4n) is 2.47. The highest BCUT2D eigenvalue weighted by Gasteiger charge is 2.17. The molecule has 0 radical (unpaired) electrons. The lowest BCUT2D eigenvalue weighted by Crippen LogP contribution is -2.40. The molecule has 1 aromatic carbocycles. The number of aliphatic hydroxyl groups excluding tert-OH is 1. The highest BCUT2D eigenvalue weighted by molar-refractivity contribution is 7.07. The summed E-state index contributed by atoms with van der Waals surface area (Å²) in [6.07, 6.45) is 0.864. The zero-order valence-corrected chi connectivity index (χ0v) is 13.3. The van der Waals surface area contributed by atoms with Crippen molar-refractivity contribution < 1.29 is 5.11 Å². The van der Waals surface area contributed by atoms with Crippen LogP contribution >= 0.6 is 11.3 Å². The molecule has 1 heterocycles. The Morgan fingerprint density at radius 2 is 2.05 bits per heavy atom. The van der Waals surface area contributed by atoms with Crippen molar-refractivity contribution in [1.82, 2.24) is 4.57 Å². The number of aryl methyl sites for hydroxylation is 1. The van der Waals surface area contributed by atoms with Gasteiger partial charge in [0.05, 0.1) is 12.6 Å². The smallest absolute Gasteiger partial charge is 0.307 e. The number of aromatic nitrogens is 1. The van der Waals surface area contributed by atoms with Crippen molar-refractivity contribution in [3.63, 3.8) is 0 Å². The first-order chi connectivity index (χ1) is 10.2. The molecule has 0 saturated carbocycles. The van der Waals surface area contributed by atoms with Crippen LogP contribution in [0.4, 0.5) is 5.69 Å². The van der Waals surface area contributed by atoms with Gasteiger partial charge in [-0.15, -0.1) is 0 Å². The van der Waals surface area contributed by atoms with Gasteiger partial charge in [0.1, 0.15) is 0 Å². The van der Waals surface area contributed by atoms with Crippen molar-refractivity contribution in [1.29, 1.82) is 0 Å². The summed E-state index contributed by atoms with van der Waals surface area (Å²) in [5.74, 6) is 0. The van der Waals surface area contributed by atoms with E-state index in [0.717, 1.165) is 17.8 Å². The highest BCUT2D eigenvalue weighted by atomic mass is 32.1. The molecule has 1 atom stereocenters. The molecule has 0 bridgehead atoms. The first-order valence-electron chi connectivity index (χ1n) is 7.24. The van der Waals surface area contributed by atoms with Crippen molar-refractivity contribution in [3.05, 3.63) is 51.1 Å². The molecule has 114 valence electrons. The number of rotatable bonds is 7. The summed E-state index contributed by atoms with van der Waals surface area (Å²) in [6.45, 7) is 5.48. The van der Waals surface area contributed by atoms with Crippen LogP contribution < -0.4 is 9.77 Å². The number of nitrogens with zero attached hydrogens (tertiary/aromatic N) is 2. The van der Waals surface area contributed by atoms with Gasteiger partial charge in [0, 0.05) is 29.9 Å². The van der Waals surface area contributed by atoms with Gasteiger partial charge < -0.3 is 14.6 Å². The van der Waals surface area contributed by atoms with Gasteiger partial charge in [-0.25, -0.2) is 0 Å². The van der Waals surface area contributed by atoms with Gasteiger partial charge in [0.25, 0.3) is 0 Å². The zero-order valence-electron chi connectivity index (χ0n) is 12.5. The van der Waals surface area contributed by atoms with Gasteiger partial charge in [-0.1, -0.05) is 36.5 Å². The minimum atomic E-state index is 0.0713. The van der Waals surface area contributed by atoms with Crippen LogP contribution in [0.3, 0.4) is 0 Å². The minimum Gasteiger partial charge on any atom is -0.394 e. The highest BCUT2D eigenvalue weighted by Crippen LogP contribution is 2.18. The van der Waals surface area contributed by atoms with Crippen LogP contribution in [0, 0.1) is 6.92 Å². The predicted molar refractivity (Wildman–Crippen MR) is 88.3 cm³/mol. The van der Waals surface area contributed by atoms with Crippen molar-refractivity contribution in [2.24, 2.45) is 0 Å². The maximum atomic E-state index is 11.8.